The van der Waals surface area contributed by atoms with E-state index in [1.165, 1.54) is 7.11 Å². The molecule has 1 heterocycles. The molecule has 3 amide bonds. The Hall–Kier alpha value is -3.82. The second-order valence-corrected chi connectivity index (χ2v) is 9.02. The first-order valence-corrected chi connectivity index (χ1v) is 11.8. The van der Waals surface area contributed by atoms with Gasteiger partial charge in [-0.1, -0.05) is 35.9 Å². The van der Waals surface area contributed by atoms with Crippen molar-refractivity contribution in [3.8, 4) is 5.75 Å². The molecule has 2 aromatic rings. The Balaban J connectivity index is 1.85. The first-order chi connectivity index (χ1) is 17.5. The summed E-state index contributed by atoms with van der Waals surface area (Å²) in [7, 11) is 1.47. The number of anilines is 1. The number of carbonyl (C=O) groups is 3. The summed E-state index contributed by atoms with van der Waals surface area (Å²) >= 11 is 0. The van der Waals surface area contributed by atoms with E-state index in [0.717, 1.165) is 24.1 Å². The van der Waals surface area contributed by atoms with E-state index in [1.807, 2.05) is 24.3 Å². The summed E-state index contributed by atoms with van der Waals surface area (Å²) in [5.41, 5.74) is 2.84. The molecule has 0 bridgehead atoms. The quantitative estimate of drug-likeness (QED) is 0.497. The molecule has 7 nitrogen and oxygen atoms in total. The van der Waals surface area contributed by atoms with Gasteiger partial charge in [-0.2, -0.15) is 13.2 Å². The number of alkyl halides is 3. The van der Waals surface area contributed by atoms with E-state index in [0.29, 0.717) is 23.4 Å². The molecule has 2 N–H and O–H groups in total. The Labute approximate surface area is 213 Å². The van der Waals surface area contributed by atoms with Crippen molar-refractivity contribution in [3.63, 3.8) is 0 Å². The number of carbonyl (C=O) groups excluding carboxylic acids is 3. The molecule has 198 valence electrons. The van der Waals surface area contributed by atoms with E-state index in [-0.39, 0.29) is 12.8 Å². The highest BCUT2D eigenvalue weighted by molar-refractivity contribution is 6.01. The number of ether oxygens (including phenoxy) is 1. The Kier molecular flexibility index (Phi) is 8.96. The average Bonchev–Trinajstić information content (AvgIpc) is 2.86. The standard InChI is InChI=1S/C27H30F3N3O4/c1-17(2)15-22(25(35)33-14-6-8-19-7-4-5-9-23(19)33)31-24(34)21(32-26(36)27(28,29)30)16-18-10-12-20(37-3)13-11-18/h4-5,7,9-13,21-22H,1,6,8,14-16H2,2-3H3,(H,31,34)(H,32,36)/t21-,22+/m0/s1. The molecule has 3 rings (SSSR count). The summed E-state index contributed by atoms with van der Waals surface area (Å²) in [6, 6.07) is 11.2. The van der Waals surface area contributed by atoms with Crippen LogP contribution in [0.15, 0.2) is 60.7 Å². The SMILES string of the molecule is C=C(C)C[C@@H](NC(=O)[C@H](Cc1ccc(OC)cc1)NC(=O)C(F)(F)F)C(=O)N1CCCc2ccccc21. The lowest BCUT2D eigenvalue weighted by Gasteiger charge is -2.33. The minimum Gasteiger partial charge on any atom is -0.497 e. The molecule has 0 saturated carbocycles. The van der Waals surface area contributed by atoms with E-state index in [2.05, 4.69) is 11.9 Å². The van der Waals surface area contributed by atoms with Crippen molar-refractivity contribution < 1.29 is 32.3 Å². The van der Waals surface area contributed by atoms with Gasteiger partial charge in [-0.05, 0) is 55.5 Å². The van der Waals surface area contributed by atoms with Crippen molar-refractivity contribution in [1.82, 2.24) is 10.6 Å². The highest BCUT2D eigenvalue weighted by Gasteiger charge is 2.41. The van der Waals surface area contributed by atoms with Gasteiger partial charge in [0.05, 0.1) is 7.11 Å². The zero-order valence-corrected chi connectivity index (χ0v) is 20.7. The molecule has 0 saturated heterocycles. The van der Waals surface area contributed by atoms with E-state index < -0.39 is 36.0 Å². The van der Waals surface area contributed by atoms with Crippen LogP contribution >= 0.6 is 0 Å². The van der Waals surface area contributed by atoms with Gasteiger partial charge in [0.25, 0.3) is 0 Å². The molecule has 0 fully saturated rings. The van der Waals surface area contributed by atoms with Crippen LogP contribution in [-0.2, 0) is 27.2 Å². The molecular weight excluding hydrogens is 487 g/mol. The zero-order chi connectivity index (χ0) is 27.2. The van der Waals surface area contributed by atoms with Crippen molar-refractivity contribution in [2.45, 2.75) is 50.9 Å². The zero-order valence-electron chi connectivity index (χ0n) is 20.7. The van der Waals surface area contributed by atoms with Gasteiger partial charge in [-0.25, -0.2) is 0 Å². The number of amides is 3. The number of benzene rings is 2. The number of nitrogens with one attached hydrogen (secondary N) is 2. The van der Waals surface area contributed by atoms with Crippen LogP contribution in [0.25, 0.3) is 0 Å². The monoisotopic (exact) mass is 517 g/mol. The fourth-order valence-electron chi connectivity index (χ4n) is 4.22. The van der Waals surface area contributed by atoms with E-state index in [1.54, 1.807) is 41.4 Å². The largest absolute Gasteiger partial charge is 0.497 e. The van der Waals surface area contributed by atoms with Gasteiger partial charge in [-0.15, -0.1) is 6.58 Å². The third kappa shape index (κ3) is 7.34. The maximum atomic E-state index is 13.6. The van der Waals surface area contributed by atoms with Gasteiger partial charge < -0.3 is 20.3 Å². The maximum absolute atomic E-state index is 13.6. The van der Waals surface area contributed by atoms with Gasteiger partial charge in [-0.3, -0.25) is 14.4 Å². The number of para-hydroxylation sites is 1. The summed E-state index contributed by atoms with van der Waals surface area (Å²) in [4.78, 5) is 40.1. The van der Waals surface area contributed by atoms with Crippen LogP contribution in [0.3, 0.4) is 0 Å². The number of nitrogens with zero attached hydrogens (tertiary/aromatic N) is 1. The van der Waals surface area contributed by atoms with Crippen molar-refractivity contribution in [2.75, 3.05) is 18.6 Å². The summed E-state index contributed by atoms with van der Waals surface area (Å²) in [5.74, 6) is -3.01. The molecule has 37 heavy (non-hydrogen) atoms. The van der Waals surface area contributed by atoms with Gasteiger partial charge >= 0.3 is 12.1 Å². The number of fused-ring (bicyclic) bond motifs is 1. The molecular formula is C27H30F3N3O4. The molecule has 2 aromatic carbocycles. The molecule has 0 spiro atoms. The number of hydrogen-bond donors (Lipinski definition) is 2. The number of halogens is 3. The lowest BCUT2D eigenvalue weighted by molar-refractivity contribution is -0.174. The van der Waals surface area contributed by atoms with E-state index in [9.17, 15) is 27.6 Å². The second-order valence-electron chi connectivity index (χ2n) is 9.02. The van der Waals surface area contributed by atoms with Crippen LogP contribution in [-0.4, -0.2) is 49.6 Å². The van der Waals surface area contributed by atoms with Gasteiger partial charge in [0.1, 0.15) is 17.8 Å². The average molecular weight is 518 g/mol. The van der Waals surface area contributed by atoms with Crippen LogP contribution in [0.2, 0.25) is 0 Å². The summed E-state index contributed by atoms with van der Waals surface area (Å²) in [5, 5.41) is 4.35. The van der Waals surface area contributed by atoms with Gasteiger partial charge in [0.2, 0.25) is 11.8 Å². The summed E-state index contributed by atoms with van der Waals surface area (Å²) < 4.78 is 44.2. The Morgan fingerprint density at radius 2 is 1.73 bits per heavy atom. The number of methoxy groups -OCH3 is 1. The molecule has 2 atom stereocenters. The highest BCUT2D eigenvalue weighted by atomic mass is 19.4. The smallest absolute Gasteiger partial charge is 0.471 e. The van der Waals surface area contributed by atoms with Gasteiger partial charge in [0, 0.05) is 18.7 Å². The molecule has 1 aliphatic heterocycles. The third-order valence-corrected chi connectivity index (χ3v) is 6.02. The molecule has 0 unspecified atom stereocenters. The fraction of sp³-hybridized carbons (Fsp3) is 0.370. The number of hydrogen-bond acceptors (Lipinski definition) is 4. The molecule has 0 aliphatic carbocycles. The van der Waals surface area contributed by atoms with E-state index >= 15 is 0 Å². The first-order valence-electron chi connectivity index (χ1n) is 11.8. The highest BCUT2D eigenvalue weighted by Crippen LogP contribution is 2.28. The number of aryl methyl sites for hydroxylation is 1. The second kappa shape index (κ2) is 11.9. The van der Waals surface area contributed by atoms with Crippen LogP contribution < -0.4 is 20.3 Å². The number of rotatable bonds is 9. The van der Waals surface area contributed by atoms with Gasteiger partial charge in [0.15, 0.2) is 0 Å². The van der Waals surface area contributed by atoms with Crippen molar-refractivity contribution in [1.29, 1.82) is 0 Å². The maximum Gasteiger partial charge on any atom is 0.471 e. The predicted molar refractivity (Wildman–Crippen MR) is 133 cm³/mol. The Morgan fingerprint density at radius 3 is 2.35 bits per heavy atom. The fourth-order valence-corrected chi connectivity index (χ4v) is 4.22. The van der Waals surface area contributed by atoms with Crippen molar-refractivity contribution in [2.24, 2.45) is 0 Å². The predicted octanol–water partition coefficient (Wildman–Crippen LogP) is 3.72. The summed E-state index contributed by atoms with van der Waals surface area (Å²) in [6.07, 6.45) is -3.77. The minimum atomic E-state index is -5.18. The Morgan fingerprint density at radius 1 is 1.05 bits per heavy atom. The molecule has 10 heteroatoms. The summed E-state index contributed by atoms with van der Waals surface area (Å²) in [6.45, 7) is 5.97. The molecule has 0 radical (unpaired) electrons. The van der Waals surface area contributed by atoms with Crippen molar-refractivity contribution in [3.05, 3.63) is 71.8 Å². The minimum absolute atomic E-state index is 0.0890. The van der Waals surface area contributed by atoms with E-state index in [4.69, 9.17) is 4.74 Å². The molecule has 1 aliphatic rings. The lowest BCUT2D eigenvalue weighted by atomic mass is 9.99. The topological polar surface area (TPSA) is 87.7 Å². The Bertz CT molecular complexity index is 1150. The van der Waals surface area contributed by atoms with Crippen LogP contribution in [0.4, 0.5) is 18.9 Å². The lowest BCUT2D eigenvalue weighted by Crippen LogP contribution is -2.57. The third-order valence-electron chi connectivity index (χ3n) is 6.02. The van der Waals surface area contributed by atoms with Crippen LogP contribution in [0, 0.1) is 0 Å². The van der Waals surface area contributed by atoms with Crippen molar-refractivity contribution >= 4 is 23.4 Å². The van der Waals surface area contributed by atoms with Crippen LogP contribution in [0.5, 0.6) is 5.75 Å². The normalized spacial score (nSPS) is 14.7. The first kappa shape index (κ1) is 27.8. The molecule has 0 aromatic heterocycles. The van der Waals surface area contributed by atoms with Crippen LogP contribution in [0.1, 0.15) is 30.9 Å².